The molecule has 2 rings (SSSR count). The lowest BCUT2D eigenvalue weighted by Gasteiger charge is -2.08. The van der Waals surface area contributed by atoms with Gasteiger partial charge in [0.05, 0.1) is 0 Å². The lowest BCUT2D eigenvalue weighted by molar-refractivity contribution is 0.426. The van der Waals surface area contributed by atoms with Crippen molar-refractivity contribution in [3.8, 4) is 11.1 Å². The fourth-order valence-corrected chi connectivity index (χ4v) is 2.18. The Morgan fingerprint density at radius 1 is 0.947 bits per heavy atom. The molecule has 0 saturated carbocycles. The molecule has 0 amide bonds. The van der Waals surface area contributed by atoms with Crippen molar-refractivity contribution in [2.45, 2.75) is 20.3 Å². The number of hydrogen-bond donors (Lipinski definition) is 2. The molecule has 0 aliphatic rings. The van der Waals surface area contributed by atoms with Crippen LogP contribution >= 0.6 is 0 Å². The van der Waals surface area contributed by atoms with Gasteiger partial charge in [0.25, 0.3) is 0 Å². The molecule has 0 heterocycles. The molecular formula is C16H19BO2. The summed E-state index contributed by atoms with van der Waals surface area (Å²) in [7, 11) is -1.42. The van der Waals surface area contributed by atoms with Gasteiger partial charge in [0.15, 0.2) is 0 Å². The highest BCUT2D eigenvalue weighted by Crippen LogP contribution is 2.19. The van der Waals surface area contributed by atoms with E-state index in [4.69, 9.17) is 0 Å². The molecule has 19 heavy (non-hydrogen) atoms. The lowest BCUT2D eigenvalue weighted by atomic mass is 9.79. The van der Waals surface area contributed by atoms with Crippen LogP contribution in [0.5, 0.6) is 0 Å². The highest BCUT2D eigenvalue weighted by molar-refractivity contribution is 6.58. The molecule has 3 heteroatoms. The van der Waals surface area contributed by atoms with Gasteiger partial charge < -0.3 is 10.0 Å². The minimum Gasteiger partial charge on any atom is -0.423 e. The first-order chi connectivity index (χ1) is 9.06. The minimum atomic E-state index is -1.42. The molecule has 0 atom stereocenters. The second kappa shape index (κ2) is 6.05. The Morgan fingerprint density at radius 2 is 1.63 bits per heavy atom. The summed E-state index contributed by atoms with van der Waals surface area (Å²) in [6, 6.07) is 15.8. The third-order valence-corrected chi connectivity index (χ3v) is 3.12. The Balaban J connectivity index is 2.24. The second-order valence-electron chi connectivity index (χ2n) is 5.29. The van der Waals surface area contributed by atoms with Gasteiger partial charge in [-0.3, -0.25) is 0 Å². The summed E-state index contributed by atoms with van der Waals surface area (Å²) >= 11 is 0. The quantitative estimate of drug-likeness (QED) is 0.821. The maximum absolute atomic E-state index is 9.19. The molecule has 0 bridgehead atoms. The molecule has 98 valence electrons. The topological polar surface area (TPSA) is 40.5 Å². The fraction of sp³-hybridized carbons (Fsp3) is 0.250. The molecule has 2 aromatic carbocycles. The van der Waals surface area contributed by atoms with Crippen molar-refractivity contribution >= 4 is 12.6 Å². The fourth-order valence-electron chi connectivity index (χ4n) is 2.18. The van der Waals surface area contributed by atoms with Crippen LogP contribution in [0.2, 0.25) is 0 Å². The minimum absolute atomic E-state index is 0.517. The molecule has 0 saturated heterocycles. The highest BCUT2D eigenvalue weighted by atomic mass is 16.4. The summed E-state index contributed by atoms with van der Waals surface area (Å²) in [6.45, 7) is 4.42. The van der Waals surface area contributed by atoms with E-state index >= 15 is 0 Å². The first-order valence-electron chi connectivity index (χ1n) is 6.61. The average molecular weight is 254 g/mol. The van der Waals surface area contributed by atoms with E-state index in [-0.39, 0.29) is 0 Å². The molecule has 2 aromatic rings. The van der Waals surface area contributed by atoms with Gasteiger partial charge in [-0.05, 0) is 34.5 Å². The number of benzene rings is 2. The van der Waals surface area contributed by atoms with Crippen LogP contribution in [-0.2, 0) is 6.42 Å². The molecule has 0 aliphatic carbocycles. The summed E-state index contributed by atoms with van der Waals surface area (Å²) in [4.78, 5) is 0. The third-order valence-electron chi connectivity index (χ3n) is 3.12. The van der Waals surface area contributed by atoms with Gasteiger partial charge in [0.1, 0.15) is 0 Å². The predicted molar refractivity (Wildman–Crippen MR) is 80.2 cm³/mol. The summed E-state index contributed by atoms with van der Waals surface area (Å²) in [6.07, 6.45) is 1.08. The van der Waals surface area contributed by atoms with E-state index in [1.807, 2.05) is 18.2 Å². The van der Waals surface area contributed by atoms with Crippen LogP contribution in [0.3, 0.4) is 0 Å². The molecule has 0 fully saturated rings. The average Bonchev–Trinajstić information content (AvgIpc) is 2.39. The van der Waals surface area contributed by atoms with Crippen molar-refractivity contribution in [1.82, 2.24) is 0 Å². The summed E-state index contributed by atoms with van der Waals surface area (Å²) < 4.78 is 0. The van der Waals surface area contributed by atoms with Crippen LogP contribution in [-0.4, -0.2) is 17.2 Å². The van der Waals surface area contributed by atoms with Crippen LogP contribution in [0.25, 0.3) is 11.1 Å². The Kier molecular flexibility index (Phi) is 4.41. The number of hydrogen-bond acceptors (Lipinski definition) is 2. The van der Waals surface area contributed by atoms with E-state index in [0.717, 1.165) is 17.5 Å². The Bertz CT molecular complexity index is 533. The van der Waals surface area contributed by atoms with Gasteiger partial charge in [-0.25, -0.2) is 0 Å². The summed E-state index contributed by atoms with van der Waals surface area (Å²) in [5, 5.41) is 18.4. The highest BCUT2D eigenvalue weighted by Gasteiger charge is 2.11. The van der Waals surface area contributed by atoms with E-state index in [1.165, 1.54) is 5.56 Å². The van der Waals surface area contributed by atoms with Crippen molar-refractivity contribution in [2.75, 3.05) is 0 Å². The molecule has 2 nitrogen and oxygen atoms in total. The van der Waals surface area contributed by atoms with E-state index in [9.17, 15) is 10.0 Å². The monoisotopic (exact) mass is 254 g/mol. The largest absolute Gasteiger partial charge is 0.488 e. The SMILES string of the molecule is CC(C)Cc1ccc(-c2cccc(B(O)O)c2)cc1. The van der Waals surface area contributed by atoms with E-state index in [2.05, 4.69) is 38.1 Å². The molecule has 0 radical (unpaired) electrons. The summed E-state index contributed by atoms with van der Waals surface area (Å²) in [5.41, 5.74) is 3.94. The van der Waals surface area contributed by atoms with Crippen molar-refractivity contribution < 1.29 is 10.0 Å². The van der Waals surface area contributed by atoms with Crippen molar-refractivity contribution in [1.29, 1.82) is 0 Å². The first kappa shape index (κ1) is 13.8. The van der Waals surface area contributed by atoms with Crippen molar-refractivity contribution in [3.05, 3.63) is 54.1 Å². The van der Waals surface area contributed by atoms with Gasteiger partial charge in [0.2, 0.25) is 0 Å². The predicted octanol–water partition coefficient (Wildman–Crippen LogP) is 2.23. The molecular weight excluding hydrogens is 235 g/mol. The standard InChI is InChI=1S/C16H19BO2/c1-12(2)10-13-6-8-14(9-7-13)15-4-3-5-16(11-15)17(18)19/h3-9,11-12,18-19H,10H2,1-2H3. The van der Waals surface area contributed by atoms with Crippen LogP contribution in [0.15, 0.2) is 48.5 Å². The Hall–Kier alpha value is -1.58. The van der Waals surface area contributed by atoms with Gasteiger partial charge in [-0.1, -0.05) is 62.4 Å². The van der Waals surface area contributed by atoms with Crippen molar-refractivity contribution in [2.24, 2.45) is 5.92 Å². The number of rotatable bonds is 4. The maximum Gasteiger partial charge on any atom is 0.488 e. The Labute approximate surface area is 114 Å². The first-order valence-corrected chi connectivity index (χ1v) is 6.61. The van der Waals surface area contributed by atoms with Crippen LogP contribution in [0.1, 0.15) is 19.4 Å². The Morgan fingerprint density at radius 3 is 2.21 bits per heavy atom. The van der Waals surface area contributed by atoms with E-state index < -0.39 is 7.12 Å². The summed E-state index contributed by atoms with van der Waals surface area (Å²) in [5.74, 6) is 0.652. The molecule has 0 spiro atoms. The maximum atomic E-state index is 9.19. The lowest BCUT2D eigenvalue weighted by Crippen LogP contribution is -2.29. The smallest absolute Gasteiger partial charge is 0.423 e. The molecule has 0 aromatic heterocycles. The zero-order valence-electron chi connectivity index (χ0n) is 11.4. The van der Waals surface area contributed by atoms with Crippen LogP contribution < -0.4 is 5.46 Å². The van der Waals surface area contributed by atoms with Crippen LogP contribution in [0.4, 0.5) is 0 Å². The van der Waals surface area contributed by atoms with E-state index in [0.29, 0.717) is 11.4 Å². The second-order valence-corrected chi connectivity index (χ2v) is 5.29. The van der Waals surface area contributed by atoms with Gasteiger partial charge in [-0.15, -0.1) is 0 Å². The third kappa shape index (κ3) is 3.69. The molecule has 2 N–H and O–H groups in total. The molecule has 0 aliphatic heterocycles. The van der Waals surface area contributed by atoms with Gasteiger partial charge >= 0.3 is 7.12 Å². The van der Waals surface area contributed by atoms with Gasteiger partial charge in [0, 0.05) is 0 Å². The van der Waals surface area contributed by atoms with Gasteiger partial charge in [-0.2, -0.15) is 0 Å². The van der Waals surface area contributed by atoms with E-state index in [1.54, 1.807) is 6.07 Å². The zero-order valence-corrected chi connectivity index (χ0v) is 11.4. The van der Waals surface area contributed by atoms with Crippen molar-refractivity contribution in [3.63, 3.8) is 0 Å². The normalized spacial score (nSPS) is 10.8. The molecule has 0 unspecified atom stereocenters. The zero-order chi connectivity index (χ0) is 13.8. The van der Waals surface area contributed by atoms with Crippen LogP contribution in [0, 0.1) is 5.92 Å².